The molecule has 0 saturated heterocycles. The fraction of sp³-hybridized carbons (Fsp3) is 0.158. The minimum absolute atomic E-state index is 0.0176. The van der Waals surface area contributed by atoms with E-state index in [1.54, 1.807) is 48.0 Å². The molecule has 0 atom stereocenters. The molecule has 0 aliphatic carbocycles. The first-order valence-corrected chi connectivity index (χ1v) is 8.14. The van der Waals surface area contributed by atoms with Crippen molar-refractivity contribution < 1.29 is 14.3 Å². The molecular formula is C19H17ClN2O4. The first-order chi connectivity index (χ1) is 12.4. The van der Waals surface area contributed by atoms with Gasteiger partial charge in [-0.2, -0.15) is 0 Å². The number of nitrogens with zero attached hydrogens (tertiary/aromatic N) is 1. The number of amides is 1. The Kier molecular flexibility index (Phi) is 4.86. The van der Waals surface area contributed by atoms with Crippen LogP contribution in [0.4, 0.5) is 5.69 Å². The molecule has 1 heterocycles. The highest BCUT2D eigenvalue weighted by molar-refractivity contribution is 6.31. The monoisotopic (exact) mass is 372 g/mol. The largest absolute Gasteiger partial charge is 0.497 e. The van der Waals surface area contributed by atoms with Crippen molar-refractivity contribution in [2.24, 2.45) is 7.05 Å². The zero-order valence-electron chi connectivity index (χ0n) is 14.5. The second kappa shape index (κ2) is 7.09. The van der Waals surface area contributed by atoms with Crippen LogP contribution in [-0.4, -0.2) is 24.7 Å². The van der Waals surface area contributed by atoms with E-state index in [9.17, 15) is 9.59 Å². The zero-order valence-corrected chi connectivity index (χ0v) is 15.3. The number of pyridine rings is 1. The van der Waals surface area contributed by atoms with Crippen LogP contribution in [0.25, 0.3) is 10.9 Å². The molecule has 7 heteroatoms. The molecule has 134 valence electrons. The van der Waals surface area contributed by atoms with Crippen molar-refractivity contribution in [3.8, 4) is 11.5 Å². The van der Waals surface area contributed by atoms with Crippen molar-refractivity contribution in [2.45, 2.75) is 0 Å². The van der Waals surface area contributed by atoms with Gasteiger partial charge in [-0.05, 0) is 18.2 Å². The Balaban J connectivity index is 2.03. The third kappa shape index (κ3) is 3.36. The van der Waals surface area contributed by atoms with Crippen LogP contribution in [0.2, 0.25) is 5.02 Å². The molecule has 0 radical (unpaired) electrons. The van der Waals surface area contributed by atoms with Gasteiger partial charge in [0.1, 0.15) is 17.1 Å². The molecule has 1 N–H and O–H groups in total. The van der Waals surface area contributed by atoms with Gasteiger partial charge in [-0.3, -0.25) is 9.59 Å². The van der Waals surface area contributed by atoms with Crippen LogP contribution in [0.3, 0.4) is 0 Å². The molecule has 0 saturated carbocycles. The summed E-state index contributed by atoms with van der Waals surface area (Å²) >= 11 is 5.99. The van der Waals surface area contributed by atoms with Gasteiger partial charge in [0.2, 0.25) is 5.43 Å². The Bertz CT molecular complexity index is 1040. The molecule has 0 fully saturated rings. The Morgan fingerprint density at radius 3 is 2.35 bits per heavy atom. The molecule has 0 aliphatic heterocycles. The third-order valence-electron chi connectivity index (χ3n) is 4.00. The van der Waals surface area contributed by atoms with E-state index in [1.807, 2.05) is 0 Å². The summed E-state index contributed by atoms with van der Waals surface area (Å²) < 4.78 is 12.1. The summed E-state index contributed by atoms with van der Waals surface area (Å²) in [7, 11) is 4.80. The molecule has 0 spiro atoms. The first kappa shape index (κ1) is 17.8. The highest BCUT2D eigenvalue weighted by atomic mass is 35.5. The number of methoxy groups -OCH3 is 2. The Hall–Kier alpha value is -2.99. The quantitative estimate of drug-likeness (QED) is 0.761. The van der Waals surface area contributed by atoms with Crippen LogP contribution in [0.1, 0.15) is 10.4 Å². The minimum atomic E-state index is -0.525. The van der Waals surface area contributed by atoms with Gasteiger partial charge in [-0.25, -0.2) is 0 Å². The number of hydrogen-bond donors (Lipinski definition) is 1. The molecule has 0 unspecified atom stereocenters. The average molecular weight is 373 g/mol. The SMILES string of the molecule is COc1cc(NC(=O)c2cn(C)c3ccc(Cl)cc3c2=O)cc(OC)c1. The number of benzene rings is 2. The molecule has 3 rings (SSSR count). The summed E-state index contributed by atoms with van der Waals surface area (Å²) in [6.07, 6.45) is 1.51. The fourth-order valence-electron chi connectivity index (χ4n) is 2.70. The predicted octanol–water partition coefficient (Wildman–Crippen LogP) is 3.46. The Labute approximate surface area is 154 Å². The highest BCUT2D eigenvalue weighted by Crippen LogP contribution is 2.26. The smallest absolute Gasteiger partial charge is 0.261 e. The van der Waals surface area contributed by atoms with Gasteiger partial charge in [0.15, 0.2) is 0 Å². The lowest BCUT2D eigenvalue weighted by Crippen LogP contribution is -2.23. The second-order valence-corrected chi connectivity index (χ2v) is 6.14. The predicted molar refractivity (Wildman–Crippen MR) is 102 cm³/mol. The van der Waals surface area contributed by atoms with Crippen molar-refractivity contribution in [1.29, 1.82) is 0 Å². The number of nitrogens with one attached hydrogen (secondary N) is 1. The number of hydrogen-bond acceptors (Lipinski definition) is 4. The van der Waals surface area contributed by atoms with Crippen molar-refractivity contribution in [3.63, 3.8) is 0 Å². The van der Waals surface area contributed by atoms with Crippen molar-refractivity contribution in [3.05, 3.63) is 63.4 Å². The van der Waals surface area contributed by atoms with Crippen LogP contribution in [-0.2, 0) is 7.05 Å². The topological polar surface area (TPSA) is 69.6 Å². The van der Waals surface area contributed by atoms with Crippen LogP contribution in [0, 0.1) is 0 Å². The van der Waals surface area contributed by atoms with E-state index in [0.717, 1.165) is 0 Å². The molecule has 1 aromatic heterocycles. The number of aromatic nitrogens is 1. The standard InChI is InChI=1S/C19H17ClN2O4/c1-22-10-16(18(23)15-6-11(20)4-5-17(15)22)19(24)21-12-7-13(25-2)9-14(8-12)26-3/h4-10H,1-3H3,(H,21,24). The lowest BCUT2D eigenvalue weighted by Gasteiger charge is -2.12. The molecule has 1 amide bonds. The van der Waals surface area contributed by atoms with Crippen molar-refractivity contribution in [1.82, 2.24) is 4.57 Å². The number of carbonyl (C=O) groups is 1. The number of anilines is 1. The molecule has 3 aromatic rings. The van der Waals surface area contributed by atoms with E-state index in [1.165, 1.54) is 20.4 Å². The van der Waals surface area contributed by atoms with E-state index < -0.39 is 5.91 Å². The summed E-state index contributed by atoms with van der Waals surface area (Å²) in [5.74, 6) is 0.526. The first-order valence-electron chi connectivity index (χ1n) is 7.76. The minimum Gasteiger partial charge on any atom is -0.497 e. The molecule has 0 aliphatic rings. The van der Waals surface area contributed by atoms with Crippen LogP contribution in [0.15, 0.2) is 47.4 Å². The Morgan fingerprint density at radius 2 is 1.73 bits per heavy atom. The number of carbonyl (C=O) groups excluding carboxylic acids is 1. The van der Waals surface area contributed by atoms with E-state index in [0.29, 0.717) is 33.1 Å². The molecule has 2 aromatic carbocycles. The van der Waals surface area contributed by atoms with E-state index in [4.69, 9.17) is 21.1 Å². The van der Waals surface area contributed by atoms with Gasteiger partial charge in [0.25, 0.3) is 5.91 Å². The number of fused-ring (bicyclic) bond motifs is 1. The second-order valence-electron chi connectivity index (χ2n) is 5.70. The van der Waals surface area contributed by atoms with Gasteiger partial charge in [-0.15, -0.1) is 0 Å². The van der Waals surface area contributed by atoms with Crippen LogP contribution in [0.5, 0.6) is 11.5 Å². The van der Waals surface area contributed by atoms with E-state index in [2.05, 4.69) is 5.32 Å². The summed E-state index contributed by atoms with van der Waals surface area (Å²) in [6, 6.07) is 9.97. The number of aryl methyl sites for hydroxylation is 1. The van der Waals surface area contributed by atoms with E-state index in [-0.39, 0.29) is 11.0 Å². The molecule has 26 heavy (non-hydrogen) atoms. The third-order valence-corrected chi connectivity index (χ3v) is 4.24. The number of rotatable bonds is 4. The molecule has 0 bridgehead atoms. The average Bonchev–Trinajstić information content (AvgIpc) is 2.63. The van der Waals surface area contributed by atoms with Crippen LogP contribution >= 0.6 is 11.6 Å². The molecule has 6 nitrogen and oxygen atoms in total. The zero-order chi connectivity index (χ0) is 18.8. The lowest BCUT2D eigenvalue weighted by molar-refractivity contribution is 0.102. The summed E-state index contributed by atoms with van der Waals surface area (Å²) in [6.45, 7) is 0. The summed E-state index contributed by atoms with van der Waals surface area (Å²) in [5.41, 5.74) is 0.787. The van der Waals surface area contributed by atoms with Crippen molar-refractivity contribution in [2.75, 3.05) is 19.5 Å². The summed E-state index contributed by atoms with van der Waals surface area (Å²) in [5, 5.41) is 3.53. The maximum absolute atomic E-state index is 12.7. The van der Waals surface area contributed by atoms with Gasteiger partial charge in [-0.1, -0.05) is 11.6 Å². The summed E-state index contributed by atoms with van der Waals surface area (Å²) in [4.78, 5) is 25.4. The van der Waals surface area contributed by atoms with Gasteiger partial charge < -0.3 is 19.4 Å². The van der Waals surface area contributed by atoms with Crippen LogP contribution < -0.4 is 20.2 Å². The van der Waals surface area contributed by atoms with Gasteiger partial charge >= 0.3 is 0 Å². The maximum atomic E-state index is 12.7. The fourth-order valence-corrected chi connectivity index (χ4v) is 2.88. The highest BCUT2D eigenvalue weighted by Gasteiger charge is 2.16. The lowest BCUT2D eigenvalue weighted by atomic mass is 10.1. The van der Waals surface area contributed by atoms with Gasteiger partial charge in [0.05, 0.1) is 19.7 Å². The number of ether oxygens (including phenoxy) is 2. The molecular weight excluding hydrogens is 356 g/mol. The van der Waals surface area contributed by atoms with Crippen molar-refractivity contribution >= 4 is 34.1 Å². The van der Waals surface area contributed by atoms with Gasteiger partial charge in [0, 0.05) is 47.5 Å². The van der Waals surface area contributed by atoms with E-state index >= 15 is 0 Å². The number of halogens is 1. The maximum Gasteiger partial charge on any atom is 0.261 e. The Morgan fingerprint density at radius 1 is 1.08 bits per heavy atom. The normalized spacial score (nSPS) is 10.6.